The summed E-state index contributed by atoms with van der Waals surface area (Å²) in [6, 6.07) is 0. The fraction of sp³-hybridized carbons (Fsp3) is 1.00. The molecule has 1 aliphatic carbocycles. The summed E-state index contributed by atoms with van der Waals surface area (Å²) in [6.45, 7) is 7.42. The first kappa shape index (κ1) is 16.2. The molecule has 1 fully saturated rings. The van der Waals surface area contributed by atoms with Gasteiger partial charge >= 0.3 is 0 Å². The van der Waals surface area contributed by atoms with Crippen molar-refractivity contribution < 1.29 is 4.74 Å². The molecule has 0 aromatic rings. The van der Waals surface area contributed by atoms with Gasteiger partial charge in [0.15, 0.2) is 0 Å². The maximum absolute atomic E-state index is 5.49. The molecule has 0 atom stereocenters. The largest absolute Gasteiger partial charge is 0.379 e. The highest BCUT2D eigenvalue weighted by Crippen LogP contribution is 2.22. The summed E-state index contributed by atoms with van der Waals surface area (Å²) in [5, 5.41) is 3.55. The van der Waals surface area contributed by atoms with Crippen LogP contribution in [0, 0.1) is 5.92 Å². The minimum Gasteiger partial charge on any atom is -0.379 e. The average Bonchev–Trinajstić information content (AvgIpc) is 2.24. The van der Waals surface area contributed by atoms with Gasteiger partial charge in [-0.1, -0.05) is 19.3 Å². The summed E-state index contributed by atoms with van der Waals surface area (Å²) in [5.74, 6) is 0.949. The van der Waals surface area contributed by atoms with Crippen LogP contribution in [0.2, 0.25) is 0 Å². The number of rotatable bonds is 7. The highest BCUT2D eigenvalue weighted by molar-refractivity contribution is 5.85. The molecule has 0 radical (unpaired) electrons. The Kier molecular flexibility index (Phi) is 10.5. The van der Waals surface area contributed by atoms with Crippen LogP contribution in [0.15, 0.2) is 0 Å². The van der Waals surface area contributed by atoms with E-state index in [1.807, 2.05) is 0 Å². The molecule has 2 nitrogen and oxygen atoms in total. The third-order valence-electron chi connectivity index (χ3n) is 3.11. The van der Waals surface area contributed by atoms with Gasteiger partial charge in [-0.05, 0) is 52.1 Å². The molecule has 1 N–H and O–H groups in total. The first-order valence-electron chi connectivity index (χ1n) is 6.61. The third-order valence-corrected chi connectivity index (χ3v) is 3.11. The second kappa shape index (κ2) is 10.4. The lowest BCUT2D eigenvalue weighted by Gasteiger charge is -2.21. The molecule has 1 rings (SSSR count). The van der Waals surface area contributed by atoms with Crippen molar-refractivity contribution in [3.63, 3.8) is 0 Å². The molecule has 0 saturated heterocycles. The predicted molar refractivity (Wildman–Crippen MR) is 72.4 cm³/mol. The van der Waals surface area contributed by atoms with Crippen LogP contribution in [0.1, 0.15) is 52.4 Å². The Morgan fingerprint density at radius 1 is 1.19 bits per heavy atom. The Hall–Kier alpha value is 0.210. The Bertz CT molecular complexity index is 147. The van der Waals surface area contributed by atoms with E-state index in [0.29, 0.717) is 6.10 Å². The highest BCUT2D eigenvalue weighted by Gasteiger charge is 2.12. The fourth-order valence-electron chi connectivity index (χ4n) is 2.21. The minimum absolute atomic E-state index is 0. The molecule has 98 valence electrons. The number of ether oxygens (including phenoxy) is 1. The van der Waals surface area contributed by atoms with E-state index in [1.54, 1.807) is 0 Å². The monoisotopic (exact) mass is 249 g/mol. The molecule has 0 bridgehead atoms. The van der Waals surface area contributed by atoms with Crippen molar-refractivity contribution in [1.82, 2.24) is 5.32 Å². The Morgan fingerprint density at radius 2 is 1.88 bits per heavy atom. The smallest absolute Gasteiger partial charge is 0.0518 e. The lowest BCUT2D eigenvalue weighted by molar-refractivity contribution is 0.0769. The van der Waals surface area contributed by atoms with E-state index in [1.165, 1.54) is 38.6 Å². The summed E-state index contributed by atoms with van der Waals surface area (Å²) in [7, 11) is 0. The molecule has 16 heavy (non-hydrogen) atoms. The van der Waals surface area contributed by atoms with Gasteiger partial charge in [0.25, 0.3) is 0 Å². The predicted octanol–water partition coefficient (Wildman–Crippen LogP) is 3.39. The van der Waals surface area contributed by atoms with Crippen LogP contribution in [0.25, 0.3) is 0 Å². The zero-order chi connectivity index (χ0) is 10.9. The van der Waals surface area contributed by atoms with Crippen LogP contribution < -0.4 is 5.32 Å². The molecule has 0 aromatic carbocycles. The van der Waals surface area contributed by atoms with Gasteiger partial charge < -0.3 is 10.1 Å². The van der Waals surface area contributed by atoms with E-state index in [9.17, 15) is 0 Å². The Balaban J connectivity index is 0.00000225. The summed E-state index contributed by atoms with van der Waals surface area (Å²) in [6.07, 6.45) is 8.75. The van der Waals surface area contributed by atoms with Gasteiger partial charge in [-0.3, -0.25) is 0 Å². The van der Waals surface area contributed by atoms with Gasteiger partial charge in [0, 0.05) is 6.61 Å². The standard InChI is InChI=1S/C13H27NO.ClH/c1-12(2)15-10-6-9-14-11-13-7-4-3-5-8-13;/h12-14H,3-11H2,1-2H3;1H. The summed E-state index contributed by atoms with van der Waals surface area (Å²) < 4.78 is 5.49. The number of nitrogens with one attached hydrogen (secondary N) is 1. The van der Waals surface area contributed by atoms with Crippen LogP contribution in [-0.4, -0.2) is 25.8 Å². The molecule has 3 heteroatoms. The zero-order valence-corrected chi connectivity index (χ0v) is 11.7. The summed E-state index contributed by atoms with van der Waals surface area (Å²) >= 11 is 0. The lowest BCUT2D eigenvalue weighted by Crippen LogP contribution is -2.26. The van der Waals surface area contributed by atoms with Crippen molar-refractivity contribution >= 4 is 12.4 Å². The van der Waals surface area contributed by atoms with Gasteiger partial charge in [0.05, 0.1) is 6.10 Å². The van der Waals surface area contributed by atoms with Crippen LogP contribution >= 0.6 is 12.4 Å². The van der Waals surface area contributed by atoms with Crippen molar-refractivity contribution in [2.45, 2.75) is 58.5 Å². The SMILES string of the molecule is CC(C)OCCCNCC1CCCCC1.Cl. The van der Waals surface area contributed by atoms with Gasteiger partial charge in [0.1, 0.15) is 0 Å². The number of hydrogen-bond donors (Lipinski definition) is 1. The van der Waals surface area contributed by atoms with Crippen molar-refractivity contribution in [2.24, 2.45) is 5.92 Å². The van der Waals surface area contributed by atoms with E-state index >= 15 is 0 Å². The minimum atomic E-state index is 0. The second-order valence-electron chi connectivity index (χ2n) is 4.98. The normalized spacial score (nSPS) is 17.4. The number of hydrogen-bond acceptors (Lipinski definition) is 2. The molecule has 1 aliphatic rings. The number of halogens is 1. The van der Waals surface area contributed by atoms with Crippen molar-refractivity contribution in [1.29, 1.82) is 0 Å². The van der Waals surface area contributed by atoms with Crippen LogP contribution in [0.3, 0.4) is 0 Å². The van der Waals surface area contributed by atoms with Crippen LogP contribution in [0.4, 0.5) is 0 Å². The summed E-state index contributed by atoms with van der Waals surface area (Å²) in [4.78, 5) is 0. The van der Waals surface area contributed by atoms with Crippen molar-refractivity contribution in [2.75, 3.05) is 19.7 Å². The molecule has 0 aromatic heterocycles. The topological polar surface area (TPSA) is 21.3 Å². The molecular formula is C13H28ClNO. The van der Waals surface area contributed by atoms with Crippen LogP contribution in [0.5, 0.6) is 0 Å². The maximum Gasteiger partial charge on any atom is 0.0518 e. The van der Waals surface area contributed by atoms with E-state index < -0.39 is 0 Å². The molecule has 1 saturated carbocycles. The Labute approximate surface area is 107 Å². The van der Waals surface area contributed by atoms with Gasteiger partial charge in [0.2, 0.25) is 0 Å². The van der Waals surface area contributed by atoms with Gasteiger partial charge in [-0.25, -0.2) is 0 Å². The first-order chi connectivity index (χ1) is 7.29. The van der Waals surface area contributed by atoms with Crippen LogP contribution in [-0.2, 0) is 4.74 Å². The quantitative estimate of drug-likeness (QED) is 0.699. The maximum atomic E-state index is 5.49. The highest BCUT2D eigenvalue weighted by atomic mass is 35.5. The Morgan fingerprint density at radius 3 is 2.50 bits per heavy atom. The lowest BCUT2D eigenvalue weighted by atomic mass is 9.89. The molecular weight excluding hydrogens is 222 g/mol. The van der Waals surface area contributed by atoms with E-state index in [0.717, 1.165) is 25.5 Å². The first-order valence-corrected chi connectivity index (χ1v) is 6.61. The second-order valence-corrected chi connectivity index (χ2v) is 4.98. The fourth-order valence-corrected chi connectivity index (χ4v) is 2.21. The molecule has 0 amide bonds. The summed E-state index contributed by atoms with van der Waals surface area (Å²) in [5.41, 5.74) is 0. The van der Waals surface area contributed by atoms with E-state index in [2.05, 4.69) is 19.2 Å². The van der Waals surface area contributed by atoms with Crippen molar-refractivity contribution in [3.8, 4) is 0 Å². The third kappa shape index (κ3) is 8.37. The van der Waals surface area contributed by atoms with Gasteiger partial charge in [-0.15, -0.1) is 12.4 Å². The van der Waals surface area contributed by atoms with E-state index in [4.69, 9.17) is 4.74 Å². The van der Waals surface area contributed by atoms with Crippen molar-refractivity contribution in [3.05, 3.63) is 0 Å². The molecule has 0 unspecified atom stereocenters. The molecule has 0 heterocycles. The average molecular weight is 250 g/mol. The van der Waals surface area contributed by atoms with E-state index in [-0.39, 0.29) is 12.4 Å². The zero-order valence-electron chi connectivity index (χ0n) is 10.8. The molecule has 0 aliphatic heterocycles. The molecule has 0 spiro atoms. The van der Waals surface area contributed by atoms with Gasteiger partial charge in [-0.2, -0.15) is 0 Å².